The molecule has 1 heterocycles. The summed E-state index contributed by atoms with van der Waals surface area (Å²) >= 11 is 0. The maximum Gasteiger partial charge on any atom is 0.273 e. The van der Waals surface area contributed by atoms with Crippen molar-refractivity contribution in [2.45, 2.75) is 6.10 Å². The number of anilines is 1. The number of carbonyl (C=O) groups is 1. The van der Waals surface area contributed by atoms with Gasteiger partial charge in [0.25, 0.3) is 11.6 Å². The molecule has 8 nitrogen and oxygen atoms in total. The number of hydrogen-bond donors (Lipinski definition) is 2. The zero-order valence-corrected chi connectivity index (χ0v) is 9.87. The molecule has 0 bridgehead atoms. The van der Waals surface area contributed by atoms with Crippen LogP contribution >= 0.6 is 0 Å². The summed E-state index contributed by atoms with van der Waals surface area (Å²) in [5, 5.41) is 22.5. The summed E-state index contributed by atoms with van der Waals surface area (Å²) in [4.78, 5) is 21.6. The SMILES string of the molecule is O=C(Nc1ccc([N+](=O)[O-])cc1O)C1COCCO1. The van der Waals surface area contributed by atoms with Crippen LogP contribution in [0.3, 0.4) is 0 Å². The topological polar surface area (TPSA) is 111 Å². The zero-order chi connectivity index (χ0) is 13.8. The van der Waals surface area contributed by atoms with Crippen molar-refractivity contribution >= 4 is 17.3 Å². The van der Waals surface area contributed by atoms with E-state index >= 15 is 0 Å². The van der Waals surface area contributed by atoms with Gasteiger partial charge in [-0.3, -0.25) is 14.9 Å². The number of hydrogen-bond acceptors (Lipinski definition) is 6. The second kappa shape index (κ2) is 5.63. The van der Waals surface area contributed by atoms with E-state index in [4.69, 9.17) is 9.47 Å². The number of phenolic OH excluding ortho intramolecular Hbond substituents is 1. The second-order valence-corrected chi connectivity index (χ2v) is 3.88. The van der Waals surface area contributed by atoms with Crippen LogP contribution in [-0.4, -0.2) is 41.9 Å². The summed E-state index contributed by atoms with van der Waals surface area (Å²) < 4.78 is 10.3. The van der Waals surface area contributed by atoms with Crippen LogP contribution in [0.4, 0.5) is 11.4 Å². The summed E-state index contributed by atoms with van der Waals surface area (Å²) in [6.07, 6.45) is -0.747. The maximum atomic E-state index is 11.8. The van der Waals surface area contributed by atoms with Gasteiger partial charge in [-0.2, -0.15) is 0 Å². The number of ether oxygens (including phenoxy) is 2. The molecule has 2 rings (SSSR count). The molecule has 1 atom stereocenters. The van der Waals surface area contributed by atoms with Crippen molar-refractivity contribution < 1.29 is 24.3 Å². The Morgan fingerprint density at radius 1 is 1.47 bits per heavy atom. The Hall–Kier alpha value is -2.19. The lowest BCUT2D eigenvalue weighted by Crippen LogP contribution is -2.39. The van der Waals surface area contributed by atoms with Crippen molar-refractivity contribution in [3.8, 4) is 5.75 Å². The number of carbonyl (C=O) groups excluding carboxylic acids is 1. The summed E-state index contributed by atoms with van der Waals surface area (Å²) in [6, 6.07) is 3.41. The molecule has 1 fully saturated rings. The molecule has 102 valence electrons. The molecule has 1 aromatic carbocycles. The number of phenols is 1. The van der Waals surface area contributed by atoms with Crippen LogP contribution in [0.5, 0.6) is 5.75 Å². The van der Waals surface area contributed by atoms with Crippen molar-refractivity contribution in [3.63, 3.8) is 0 Å². The van der Waals surface area contributed by atoms with Crippen LogP contribution in [0.15, 0.2) is 18.2 Å². The number of amides is 1. The Morgan fingerprint density at radius 2 is 2.26 bits per heavy atom. The molecule has 0 spiro atoms. The maximum absolute atomic E-state index is 11.8. The van der Waals surface area contributed by atoms with Crippen molar-refractivity contribution in [2.24, 2.45) is 0 Å². The zero-order valence-electron chi connectivity index (χ0n) is 9.87. The van der Waals surface area contributed by atoms with Gasteiger partial charge in [0.1, 0.15) is 5.75 Å². The highest BCUT2D eigenvalue weighted by molar-refractivity contribution is 5.95. The molecule has 1 aliphatic rings. The molecule has 1 saturated heterocycles. The lowest BCUT2D eigenvalue weighted by Gasteiger charge is -2.22. The first kappa shape index (κ1) is 13.2. The first-order valence-electron chi connectivity index (χ1n) is 5.55. The van der Waals surface area contributed by atoms with Crippen LogP contribution < -0.4 is 5.32 Å². The number of benzene rings is 1. The molecule has 0 aromatic heterocycles. The van der Waals surface area contributed by atoms with Crippen molar-refractivity contribution in [3.05, 3.63) is 28.3 Å². The Labute approximate surface area is 108 Å². The lowest BCUT2D eigenvalue weighted by molar-refractivity contribution is -0.384. The van der Waals surface area contributed by atoms with Gasteiger partial charge in [-0.05, 0) is 6.07 Å². The van der Waals surface area contributed by atoms with Gasteiger partial charge in [0, 0.05) is 6.07 Å². The Kier molecular flexibility index (Phi) is 3.93. The standard InChI is InChI=1S/C11H12N2O6/c14-9-5-7(13(16)17)1-2-8(9)12-11(15)10-6-18-3-4-19-10/h1-2,5,10,14H,3-4,6H2,(H,12,15). The van der Waals surface area contributed by atoms with E-state index < -0.39 is 16.9 Å². The van der Waals surface area contributed by atoms with Gasteiger partial charge < -0.3 is 19.9 Å². The van der Waals surface area contributed by atoms with Crippen LogP contribution in [-0.2, 0) is 14.3 Å². The number of rotatable bonds is 3. The molecular weight excluding hydrogens is 256 g/mol. The van der Waals surface area contributed by atoms with E-state index in [1.54, 1.807) is 0 Å². The highest BCUT2D eigenvalue weighted by atomic mass is 16.6. The second-order valence-electron chi connectivity index (χ2n) is 3.88. The Balaban J connectivity index is 2.06. The fourth-order valence-electron chi connectivity index (χ4n) is 1.59. The smallest absolute Gasteiger partial charge is 0.273 e. The van der Waals surface area contributed by atoms with Crippen LogP contribution in [0.1, 0.15) is 0 Å². The lowest BCUT2D eigenvalue weighted by atomic mass is 10.2. The monoisotopic (exact) mass is 268 g/mol. The number of aromatic hydroxyl groups is 1. The fraction of sp³-hybridized carbons (Fsp3) is 0.364. The molecule has 19 heavy (non-hydrogen) atoms. The van der Waals surface area contributed by atoms with Gasteiger partial charge in [0.2, 0.25) is 0 Å². The van der Waals surface area contributed by atoms with Crippen molar-refractivity contribution in [2.75, 3.05) is 25.1 Å². The van der Waals surface area contributed by atoms with E-state index in [2.05, 4.69) is 5.32 Å². The van der Waals surface area contributed by atoms with Crippen molar-refractivity contribution in [1.82, 2.24) is 0 Å². The molecule has 2 N–H and O–H groups in total. The predicted molar refractivity (Wildman–Crippen MR) is 63.9 cm³/mol. The average Bonchev–Trinajstić information content (AvgIpc) is 2.41. The van der Waals surface area contributed by atoms with E-state index in [0.29, 0.717) is 13.2 Å². The number of nitrogens with zero attached hydrogens (tertiary/aromatic N) is 1. The van der Waals surface area contributed by atoms with Crippen LogP contribution in [0.25, 0.3) is 0 Å². The molecule has 1 unspecified atom stereocenters. The predicted octanol–water partition coefficient (Wildman–Crippen LogP) is 0.654. The van der Waals surface area contributed by atoms with E-state index in [1.165, 1.54) is 12.1 Å². The summed E-state index contributed by atoms with van der Waals surface area (Å²) in [5.41, 5.74) is -0.169. The third kappa shape index (κ3) is 3.18. The molecule has 1 aliphatic heterocycles. The van der Waals surface area contributed by atoms with Crippen molar-refractivity contribution in [1.29, 1.82) is 0 Å². The third-order valence-corrected chi connectivity index (χ3v) is 2.56. The summed E-state index contributed by atoms with van der Waals surface area (Å²) in [7, 11) is 0. The van der Waals surface area contributed by atoms with Gasteiger partial charge in [-0.1, -0.05) is 0 Å². The molecule has 0 aliphatic carbocycles. The minimum absolute atomic E-state index is 0.0878. The fourth-order valence-corrected chi connectivity index (χ4v) is 1.59. The molecule has 8 heteroatoms. The number of nitrogens with one attached hydrogen (secondary N) is 1. The largest absolute Gasteiger partial charge is 0.506 e. The van der Waals surface area contributed by atoms with Gasteiger partial charge in [0.05, 0.1) is 36.5 Å². The first-order valence-corrected chi connectivity index (χ1v) is 5.55. The number of nitro benzene ring substituents is 1. The van der Waals surface area contributed by atoms with Gasteiger partial charge >= 0.3 is 0 Å². The molecule has 1 aromatic rings. The average molecular weight is 268 g/mol. The highest BCUT2D eigenvalue weighted by Crippen LogP contribution is 2.28. The Morgan fingerprint density at radius 3 is 2.84 bits per heavy atom. The van der Waals surface area contributed by atoms with E-state index in [9.17, 15) is 20.0 Å². The summed E-state index contributed by atoms with van der Waals surface area (Å²) in [5.74, 6) is -0.844. The minimum Gasteiger partial charge on any atom is -0.506 e. The first-order chi connectivity index (χ1) is 9.08. The van der Waals surface area contributed by atoms with E-state index in [0.717, 1.165) is 6.07 Å². The number of non-ortho nitro benzene ring substituents is 1. The van der Waals surface area contributed by atoms with E-state index in [-0.39, 0.29) is 23.7 Å². The normalized spacial score (nSPS) is 18.8. The molecular formula is C11H12N2O6. The third-order valence-electron chi connectivity index (χ3n) is 2.56. The van der Waals surface area contributed by atoms with Gasteiger partial charge in [-0.25, -0.2) is 0 Å². The van der Waals surface area contributed by atoms with Gasteiger partial charge in [0.15, 0.2) is 6.10 Å². The van der Waals surface area contributed by atoms with Crippen LogP contribution in [0, 0.1) is 10.1 Å². The van der Waals surface area contributed by atoms with Crippen LogP contribution in [0.2, 0.25) is 0 Å². The number of nitro groups is 1. The Bertz CT molecular complexity index is 498. The molecule has 0 radical (unpaired) electrons. The summed E-state index contributed by atoms with van der Waals surface area (Å²) in [6.45, 7) is 0.899. The minimum atomic E-state index is -0.747. The molecule has 1 amide bonds. The van der Waals surface area contributed by atoms with Gasteiger partial charge in [-0.15, -0.1) is 0 Å². The van der Waals surface area contributed by atoms with E-state index in [1.807, 2.05) is 0 Å². The quantitative estimate of drug-likeness (QED) is 0.473. The highest BCUT2D eigenvalue weighted by Gasteiger charge is 2.23. The molecule has 0 saturated carbocycles.